The molecule has 0 radical (unpaired) electrons. The largest absolute Gasteiger partial charge is 0.462 e. The molecule has 0 aliphatic carbocycles. The molecule has 0 rings (SSSR count). The van der Waals surface area contributed by atoms with Crippen molar-refractivity contribution in [2.45, 2.75) is 226 Å². The summed E-state index contributed by atoms with van der Waals surface area (Å²) in [5.41, 5.74) is 0. The highest BCUT2D eigenvalue weighted by Gasteiger charge is 2.19. The van der Waals surface area contributed by atoms with Crippen LogP contribution in [-0.2, 0) is 28.6 Å². The van der Waals surface area contributed by atoms with E-state index in [9.17, 15) is 14.4 Å². The molecule has 0 saturated carbocycles. The summed E-state index contributed by atoms with van der Waals surface area (Å²) in [5, 5.41) is 0. The SMILES string of the molecule is CC/C=C\C/C=C\C/C=C\C/C=C\C/C=C\CCCC(=O)OCC(COC(=O)CCCCCCC/C=C\CCCCC)OC(=O)CCCCCCC/C=C\CCCCCC. The van der Waals surface area contributed by atoms with Gasteiger partial charge >= 0.3 is 17.9 Å². The van der Waals surface area contributed by atoms with Gasteiger partial charge in [-0.1, -0.05) is 176 Å². The normalized spacial score (nSPS) is 12.8. The zero-order chi connectivity index (χ0) is 43.7. The van der Waals surface area contributed by atoms with Crippen molar-refractivity contribution in [1.82, 2.24) is 0 Å². The minimum Gasteiger partial charge on any atom is -0.462 e. The van der Waals surface area contributed by atoms with Gasteiger partial charge in [0.2, 0.25) is 0 Å². The number of carbonyl (C=O) groups is 3. The van der Waals surface area contributed by atoms with Crippen LogP contribution in [-0.4, -0.2) is 37.2 Å². The van der Waals surface area contributed by atoms with Crippen molar-refractivity contribution in [2.75, 3.05) is 13.2 Å². The number of rotatable bonds is 43. The topological polar surface area (TPSA) is 78.9 Å². The van der Waals surface area contributed by atoms with E-state index in [0.717, 1.165) is 103 Å². The fraction of sp³-hybridized carbons (Fsp3) is 0.685. The van der Waals surface area contributed by atoms with E-state index in [2.05, 4.69) is 106 Å². The maximum absolute atomic E-state index is 12.8. The average Bonchev–Trinajstić information content (AvgIpc) is 3.24. The Kier molecular flexibility index (Phi) is 45.5. The first-order valence-electron chi connectivity index (χ1n) is 24.6. The molecule has 60 heavy (non-hydrogen) atoms. The van der Waals surface area contributed by atoms with Gasteiger partial charge in [0.05, 0.1) is 0 Å². The number of allylic oxidation sites excluding steroid dienone is 14. The Morgan fingerprint density at radius 3 is 1.13 bits per heavy atom. The predicted octanol–water partition coefficient (Wildman–Crippen LogP) is 16.0. The van der Waals surface area contributed by atoms with E-state index >= 15 is 0 Å². The molecule has 0 aliphatic rings. The van der Waals surface area contributed by atoms with E-state index in [0.29, 0.717) is 19.3 Å². The molecule has 0 heterocycles. The standard InChI is InChI=1S/C54H90O6/c1-4-7-10-13-16-19-22-25-26-27-28-30-32-35-38-41-44-47-53(56)59-50-51(49-58-52(55)46-43-40-37-34-31-24-21-18-15-12-9-6-3)60-54(57)48-45-42-39-36-33-29-23-20-17-14-11-8-5-2/h7,10,16,18-21,23,25-26,28,30,35,38,51H,4-6,8-9,11-15,17,22,24,27,29,31-34,36-37,39-50H2,1-3H3/b10-7-,19-16-,21-18-,23-20-,26-25-,30-28-,38-35-. The van der Waals surface area contributed by atoms with Gasteiger partial charge in [-0.2, -0.15) is 0 Å². The molecule has 0 spiro atoms. The first-order chi connectivity index (χ1) is 29.5. The summed E-state index contributed by atoms with van der Waals surface area (Å²) < 4.78 is 16.7. The van der Waals surface area contributed by atoms with Gasteiger partial charge in [-0.05, 0) is 109 Å². The molecule has 0 aromatic heterocycles. The van der Waals surface area contributed by atoms with Gasteiger partial charge in [-0.15, -0.1) is 0 Å². The first kappa shape index (κ1) is 56.6. The second kappa shape index (κ2) is 48.3. The monoisotopic (exact) mass is 835 g/mol. The van der Waals surface area contributed by atoms with Crippen LogP contribution < -0.4 is 0 Å². The van der Waals surface area contributed by atoms with E-state index in [1.54, 1.807) is 0 Å². The molecule has 342 valence electrons. The van der Waals surface area contributed by atoms with Crippen LogP contribution in [0.3, 0.4) is 0 Å². The molecule has 0 aromatic rings. The second-order valence-corrected chi connectivity index (χ2v) is 16.0. The zero-order valence-electron chi connectivity index (χ0n) is 38.9. The lowest BCUT2D eigenvalue weighted by molar-refractivity contribution is -0.167. The van der Waals surface area contributed by atoms with E-state index in [1.807, 2.05) is 0 Å². The molecule has 0 aromatic carbocycles. The molecule has 0 N–H and O–H groups in total. The maximum Gasteiger partial charge on any atom is 0.306 e. The minimum atomic E-state index is -0.805. The Morgan fingerprint density at radius 2 is 0.667 bits per heavy atom. The Hall–Kier alpha value is -3.41. The Labute approximate surface area is 369 Å². The Morgan fingerprint density at radius 1 is 0.350 bits per heavy atom. The summed E-state index contributed by atoms with van der Waals surface area (Å²) in [7, 11) is 0. The van der Waals surface area contributed by atoms with Crippen LogP contribution in [0.15, 0.2) is 85.1 Å². The number of unbranched alkanes of at least 4 members (excludes halogenated alkanes) is 18. The zero-order valence-corrected chi connectivity index (χ0v) is 38.9. The van der Waals surface area contributed by atoms with E-state index in [1.165, 1.54) is 70.6 Å². The van der Waals surface area contributed by atoms with Crippen LogP contribution in [0.5, 0.6) is 0 Å². The first-order valence-corrected chi connectivity index (χ1v) is 24.6. The van der Waals surface area contributed by atoms with Gasteiger partial charge in [-0.25, -0.2) is 0 Å². The number of ether oxygens (including phenoxy) is 3. The van der Waals surface area contributed by atoms with Gasteiger partial charge < -0.3 is 14.2 Å². The molecule has 0 aliphatic heterocycles. The van der Waals surface area contributed by atoms with Crippen LogP contribution in [0.2, 0.25) is 0 Å². The fourth-order valence-electron chi connectivity index (χ4n) is 6.41. The van der Waals surface area contributed by atoms with E-state index < -0.39 is 6.10 Å². The smallest absolute Gasteiger partial charge is 0.306 e. The third kappa shape index (κ3) is 45.7. The molecule has 0 amide bonds. The fourth-order valence-corrected chi connectivity index (χ4v) is 6.41. The molecule has 1 unspecified atom stereocenters. The van der Waals surface area contributed by atoms with Crippen LogP contribution >= 0.6 is 0 Å². The molecule has 0 saturated heterocycles. The summed E-state index contributed by atoms with van der Waals surface area (Å²) >= 11 is 0. The molecular weight excluding hydrogens is 745 g/mol. The number of esters is 3. The highest BCUT2D eigenvalue weighted by atomic mass is 16.6. The van der Waals surface area contributed by atoms with Crippen LogP contribution in [0.25, 0.3) is 0 Å². The highest BCUT2D eigenvalue weighted by molar-refractivity contribution is 5.71. The number of carbonyl (C=O) groups excluding carboxylic acids is 3. The summed E-state index contributed by atoms with van der Waals surface area (Å²) in [6.45, 7) is 6.40. The van der Waals surface area contributed by atoms with Gasteiger partial charge in [0.25, 0.3) is 0 Å². The van der Waals surface area contributed by atoms with Crippen molar-refractivity contribution < 1.29 is 28.6 Å². The lowest BCUT2D eigenvalue weighted by atomic mass is 10.1. The third-order valence-electron chi connectivity index (χ3n) is 10.1. The van der Waals surface area contributed by atoms with Crippen molar-refractivity contribution in [3.8, 4) is 0 Å². The number of hydrogen-bond acceptors (Lipinski definition) is 6. The summed E-state index contributed by atoms with van der Waals surface area (Å²) in [5.74, 6) is -0.985. The minimum absolute atomic E-state index is 0.103. The van der Waals surface area contributed by atoms with Crippen molar-refractivity contribution >= 4 is 17.9 Å². The Balaban J connectivity index is 4.50. The summed E-state index contributed by atoms with van der Waals surface area (Å²) in [6, 6.07) is 0. The summed E-state index contributed by atoms with van der Waals surface area (Å²) in [6.07, 6.45) is 61.4. The lowest BCUT2D eigenvalue weighted by Gasteiger charge is -2.18. The van der Waals surface area contributed by atoms with Gasteiger partial charge in [0.1, 0.15) is 13.2 Å². The van der Waals surface area contributed by atoms with Crippen LogP contribution in [0.4, 0.5) is 0 Å². The van der Waals surface area contributed by atoms with Crippen molar-refractivity contribution in [2.24, 2.45) is 0 Å². The lowest BCUT2D eigenvalue weighted by Crippen LogP contribution is -2.30. The third-order valence-corrected chi connectivity index (χ3v) is 10.1. The maximum atomic E-state index is 12.8. The van der Waals surface area contributed by atoms with Crippen molar-refractivity contribution in [3.05, 3.63) is 85.1 Å². The van der Waals surface area contributed by atoms with Crippen LogP contribution in [0.1, 0.15) is 220 Å². The van der Waals surface area contributed by atoms with E-state index in [4.69, 9.17) is 14.2 Å². The average molecular weight is 835 g/mol. The van der Waals surface area contributed by atoms with Crippen molar-refractivity contribution in [1.29, 1.82) is 0 Å². The van der Waals surface area contributed by atoms with Crippen molar-refractivity contribution in [3.63, 3.8) is 0 Å². The van der Waals surface area contributed by atoms with Gasteiger partial charge in [0.15, 0.2) is 6.10 Å². The molecular formula is C54H90O6. The number of hydrogen-bond donors (Lipinski definition) is 0. The summed E-state index contributed by atoms with van der Waals surface area (Å²) in [4.78, 5) is 37.8. The van der Waals surface area contributed by atoms with Gasteiger partial charge in [-0.3, -0.25) is 14.4 Å². The molecule has 6 nitrogen and oxygen atoms in total. The second-order valence-electron chi connectivity index (χ2n) is 16.0. The molecule has 0 bridgehead atoms. The quantitative estimate of drug-likeness (QED) is 0.0263. The molecule has 6 heteroatoms. The molecule has 1 atom stereocenters. The predicted molar refractivity (Wildman–Crippen MR) is 256 cm³/mol. The highest BCUT2D eigenvalue weighted by Crippen LogP contribution is 2.13. The van der Waals surface area contributed by atoms with Crippen LogP contribution in [0, 0.1) is 0 Å². The van der Waals surface area contributed by atoms with Gasteiger partial charge in [0, 0.05) is 19.3 Å². The molecule has 0 fully saturated rings. The van der Waals surface area contributed by atoms with E-state index in [-0.39, 0.29) is 37.5 Å². The Bertz CT molecular complexity index is 1190.